The van der Waals surface area contributed by atoms with Crippen LogP contribution in [0.5, 0.6) is 11.5 Å². The Morgan fingerprint density at radius 3 is 2.20 bits per heavy atom. The molecule has 1 N–H and O–H groups in total. The second kappa shape index (κ2) is 8.54. The third kappa shape index (κ3) is 4.60. The minimum Gasteiger partial charge on any atom is -0.493 e. The van der Waals surface area contributed by atoms with E-state index in [1.807, 2.05) is 0 Å². The fraction of sp³-hybridized carbons (Fsp3) is 0.158. The van der Waals surface area contributed by atoms with Gasteiger partial charge in [0.25, 0.3) is 5.91 Å². The van der Waals surface area contributed by atoms with Gasteiger partial charge in [0.05, 0.1) is 21.3 Å². The zero-order valence-corrected chi connectivity index (χ0v) is 14.2. The molecule has 0 aliphatic rings. The number of hydrogen-bond acceptors (Lipinski definition) is 5. The Morgan fingerprint density at radius 2 is 1.60 bits per heavy atom. The van der Waals surface area contributed by atoms with Gasteiger partial charge < -0.3 is 19.5 Å². The molecular formula is C19H19NO5. The Morgan fingerprint density at radius 1 is 0.920 bits per heavy atom. The third-order valence-corrected chi connectivity index (χ3v) is 3.41. The number of carbonyl (C=O) groups is 2. The fourth-order valence-electron chi connectivity index (χ4n) is 2.15. The third-order valence-electron chi connectivity index (χ3n) is 3.41. The topological polar surface area (TPSA) is 73.9 Å². The van der Waals surface area contributed by atoms with Crippen LogP contribution in [-0.4, -0.2) is 33.2 Å². The van der Waals surface area contributed by atoms with E-state index in [0.717, 1.165) is 0 Å². The van der Waals surface area contributed by atoms with Crippen molar-refractivity contribution in [1.29, 1.82) is 0 Å². The summed E-state index contributed by atoms with van der Waals surface area (Å²) in [5.74, 6) is 0.0132. The maximum atomic E-state index is 12.3. The molecule has 0 heterocycles. The summed E-state index contributed by atoms with van der Waals surface area (Å²) in [5.41, 5.74) is 1.10. The Kier molecular flexibility index (Phi) is 6.17. The predicted octanol–water partition coefficient (Wildman–Crippen LogP) is 2.65. The Labute approximate surface area is 146 Å². The van der Waals surface area contributed by atoms with Gasteiger partial charge in [0.15, 0.2) is 11.5 Å². The molecule has 0 aromatic heterocycles. The summed E-state index contributed by atoms with van der Waals surface area (Å²) in [7, 11) is 4.30. The lowest BCUT2D eigenvalue weighted by Gasteiger charge is -2.10. The quantitative estimate of drug-likeness (QED) is 0.646. The van der Waals surface area contributed by atoms with Crippen LogP contribution in [0.15, 0.2) is 54.2 Å². The van der Waals surface area contributed by atoms with Crippen LogP contribution >= 0.6 is 0 Å². The van der Waals surface area contributed by atoms with E-state index >= 15 is 0 Å². The summed E-state index contributed by atoms with van der Waals surface area (Å²) in [4.78, 5) is 24.3. The van der Waals surface area contributed by atoms with Gasteiger partial charge in [0, 0.05) is 5.56 Å². The van der Waals surface area contributed by atoms with Crippen LogP contribution in [0.1, 0.15) is 15.9 Å². The van der Waals surface area contributed by atoms with Crippen molar-refractivity contribution in [3.05, 3.63) is 65.4 Å². The molecule has 0 aliphatic heterocycles. The molecule has 0 fully saturated rings. The van der Waals surface area contributed by atoms with Gasteiger partial charge in [-0.2, -0.15) is 0 Å². The average Bonchev–Trinajstić information content (AvgIpc) is 2.67. The molecular weight excluding hydrogens is 322 g/mol. The van der Waals surface area contributed by atoms with Crippen molar-refractivity contribution in [2.45, 2.75) is 0 Å². The van der Waals surface area contributed by atoms with Crippen molar-refractivity contribution in [2.24, 2.45) is 0 Å². The molecule has 2 rings (SSSR count). The van der Waals surface area contributed by atoms with Crippen molar-refractivity contribution in [3.8, 4) is 11.5 Å². The lowest BCUT2D eigenvalue weighted by molar-refractivity contribution is -0.136. The maximum absolute atomic E-state index is 12.3. The summed E-state index contributed by atoms with van der Waals surface area (Å²) in [6.07, 6.45) is 1.51. The Balaban J connectivity index is 2.32. The largest absolute Gasteiger partial charge is 0.493 e. The second-order valence-electron chi connectivity index (χ2n) is 4.98. The van der Waals surface area contributed by atoms with E-state index in [2.05, 4.69) is 5.32 Å². The van der Waals surface area contributed by atoms with E-state index in [1.54, 1.807) is 48.5 Å². The minimum atomic E-state index is -0.654. The highest BCUT2D eigenvalue weighted by atomic mass is 16.5. The van der Waals surface area contributed by atoms with E-state index in [-0.39, 0.29) is 5.70 Å². The van der Waals surface area contributed by atoms with Crippen LogP contribution in [0, 0.1) is 0 Å². The number of esters is 1. The lowest BCUT2D eigenvalue weighted by Crippen LogP contribution is -2.28. The van der Waals surface area contributed by atoms with Crippen molar-refractivity contribution in [1.82, 2.24) is 5.32 Å². The number of amides is 1. The summed E-state index contributed by atoms with van der Waals surface area (Å²) in [6, 6.07) is 13.7. The van der Waals surface area contributed by atoms with Crippen molar-refractivity contribution in [2.75, 3.05) is 21.3 Å². The van der Waals surface area contributed by atoms with Crippen molar-refractivity contribution < 1.29 is 23.8 Å². The van der Waals surface area contributed by atoms with Crippen LogP contribution in [-0.2, 0) is 9.53 Å². The first-order valence-corrected chi connectivity index (χ1v) is 7.47. The van der Waals surface area contributed by atoms with Crippen LogP contribution in [0.4, 0.5) is 0 Å². The first-order chi connectivity index (χ1) is 12.1. The number of nitrogens with one attached hydrogen (secondary N) is 1. The van der Waals surface area contributed by atoms with Crippen molar-refractivity contribution in [3.63, 3.8) is 0 Å². The molecule has 130 valence electrons. The number of methoxy groups -OCH3 is 3. The first kappa shape index (κ1) is 18.1. The highest BCUT2D eigenvalue weighted by Gasteiger charge is 2.15. The number of ether oxygens (including phenoxy) is 3. The summed E-state index contributed by atoms with van der Waals surface area (Å²) in [6.45, 7) is 0. The molecule has 0 saturated carbocycles. The number of hydrogen-bond donors (Lipinski definition) is 1. The summed E-state index contributed by atoms with van der Waals surface area (Å²) >= 11 is 0. The average molecular weight is 341 g/mol. The molecule has 0 radical (unpaired) electrons. The van der Waals surface area contributed by atoms with Gasteiger partial charge in [-0.3, -0.25) is 4.79 Å². The maximum Gasteiger partial charge on any atom is 0.354 e. The molecule has 0 bridgehead atoms. The molecule has 0 unspecified atom stereocenters. The predicted molar refractivity (Wildman–Crippen MR) is 93.4 cm³/mol. The SMILES string of the molecule is COC(=O)/C(=C/c1ccc(OC)c(OC)c1)NC(=O)c1ccccc1. The molecule has 0 aliphatic carbocycles. The summed E-state index contributed by atoms with van der Waals surface area (Å²) in [5, 5.41) is 2.57. The Bertz CT molecular complexity index is 784. The van der Waals surface area contributed by atoms with Gasteiger partial charge in [0.1, 0.15) is 5.70 Å². The van der Waals surface area contributed by atoms with Crippen LogP contribution in [0.25, 0.3) is 6.08 Å². The molecule has 6 nitrogen and oxygen atoms in total. The molecule has 0 saturated heterocycles. The zero-order valence-electron chi connectivity index (χ0n) is 14.2. The van der Waals surface area contributed by atoms with Gasteiger partial charge >= 0.3 is 5.97 Å². The molecule has 6 heteroatoms. The number of rotatable bonds is 6. The fourth-order valence-corrected chi connectivity index (χ4v) is 2.15. The smallest absolute Gasteiger partial charge is 0.354 e. The van der Waals surface area contributed by atoms with Gasteiger partial charge in [-0.25, -0.2) is 4.79 Å². The first-order valence-electron chi connectivity index (χ1n) is 7.47. The van der Waals surface area contributed by atoms with Crippen LogP contribution in [0.2, 0.25) is 0 Å². The number of carbonyl (C=O) groups excluding carboxylic acids is 2. The minimum absolute atomic E-state index is 0.0172. The normalized spacial score (nSPS) is 10.8. The molecule has 2 aromatic rings. The zero-order chi connectivity index (χ0) is 18.2. The van der Waals surface area contributed by atoms with E-state index in [1.165, 1.54) is 27.4 Å². The van der Waals surface area contributed by atoms with Gasteiger partial charge in [-0.15, -0.1) is 0 Å². The van der Waals surface area contributed by atoms with E-state index in [9.17, 15) is 9.59 Å². The van der Waals surface area contributed by atoms with Crippen LogP contribution < -0.4 is 14.8 Å². The molecule has 2 aromatic carbocycles. The van der Waals surface area contributed by atoms with E-state index in [4.69, 9.17) is 14.2 Å². The second-order valence-corrected chi connectivity index (χ2v) is 4.98. The van der Waals surface area contributed by atoms with Crippen LogP contribution in [0.3, 0.4) is 0 Å². The molecule has 0 spiro atoms. The molecule has 0 atom stereocenters. The highest BCUT2D eigenvalue weighted by molar-refractivity contribution is 6.03. The molecule has 25 heavy (non-hydrogen) atoms. The van der Waals surface area contributed by atoms with Crippen molar-refractivity contribution >= 4 is 18.0 Å². The monoisotopic (exact) mass is 341 g/mol. The van der Waals surface area contributed by atoms with E-state index < -0.39 is 11.9 Å². The lowest BCUT2D eigenvalue weighted by atomic mass is 10.1. The highest BCUT2D eigenvalue weighted by Crippen LogP contribution is 2.28. The number of benzene rings is 2. The summed E-state index contributed by atoms with van der Waals surface area (Å²) < 4.78 is 15.2. The van der Waals surface area contributed by atoms with Gasteiger partial charge in [-0.1, -0.05) is 24.3 Å². The Hall–Kier alpha value is -3.28. The molecule has 1 amide bonds. The standard InChI is InChI=1S/C19H19NO5/c1-23-16-10-9-13(12-17(16)24-2)11-15(19(22)25-3)20-18(21)14-7-5-4-6-8-14/h4-12H,1-3H3,(H,20,21)/b15-11-. The van der Waals surface area contributed by atoms with Gasteiger partial charge in [0.2, 0.25) is 0 Å². The van der Waals surface area contributed by atoms with E-state index in [0.29, 0.717) is 22.6 Å². The van der Waals surface area contributed by atoms with Gasteiger partial charge in [-0.05, 0) is 35.9 Å².